The average molecular weight is 266 g/mol. The van der Waals surface area contributed by atoms with Crippen LogP contribution in [0.2, 0.25) is 0 Å². The van der Waals surface area contributed by atoms with E-state index in [2.05, 4.69) is 0 Å². The van der Waals surface area contributed by atoms with Crippen LogP contribution in [0.15, 0.2) is 48.5 Å². The first kappa shape index (κ1) is 13.4. The van der Waals surface area contributed by atoms with Crippen molar-refractivity contribution in [3.05, 3.63) is 65.2 Å². The van der Waals surface area contributed by atoms with E-state index in [1.807, 2.05) is 30.3 Å². The summed E-state index contributed by atoms with van der Waals surface area (Å²) >= 11 is 0. The van der Waals surface area contributed by atoms with Crippen LogP contribution in [0.4, 0.5) is 18.9 Å². The molecule has 100 valence electrons. The molecule has 0 bridgehead atoms. The van der Waals surface area contributed by atoms with Crippen molar-refractivity contribution in [1.29, 1.82) is 0 Å². The second-order valence-electron chi connectivity index (χ2n) is 4.23. The van der Waals surface area contributed by atoms with Crippen LogP contribution in [0.3, 0.4) is 0 Å². The molecule has 1 unspecified atom stereocenters. The fraction of sp³-hybridized carbons (Fsp3) is 0.143. The summed E-state index contributed by atoms with van der Waals surface area (Å²) in [4.78, 5) is 0. The Kier molecular flexibility index (Phi) is 3.48. The smallest absolute Gasteiger partial charge is 0.398 e. The van der Waals surface area contributed by atoms with Crippen LogP contribution in [-0.2, 0) is 6.18 Å². The second kappa shape index (κ2) is 4.93. The number of hydrogen-bond donors (Lipinski definition) is 2. The summed E-state index contributed by atoms with van der Waals surface area (Å²) in [5.74, 6) is 0. The molecule has 5 heteroatoms. The van der Waals surface area contributed by atoms with Gasteiger partial charge in [-0.1, -0.05) is 36.4 Å². The van der Waals surface area contributed by atoms with Crippen LogP contribution in [0.25, 0.3) is 0 Å². The maximum Gasteiger partial charge on any atom is 0.416 e. The first-order valence-electron chi connectivity index (χ1n) is 5.67. The van der Waals surface area contributed by atoms with Crippen LogP contribution in [0.5, 0.6) is 0 Å². The normalized spacial score (nSPS) is 13.3. The summed E-state index contributed by atoms with van der Waals surface area (Å²) in [7, 11) is 0. The zero-order valence-electron chi connectivity index (χ0n) is 9.98. The molecule has 2 nitrogen and oxygen atoms in total. The van der Waals surface area contributed by atoms with Gasteiger partial charge in [-0.2, -0.15) is 13.2 Å². The minimum Gasteiger partial charge on any atom is -0.398 e. The molecule has 2 rings (SSSR count). The maximum absolute atomic E-state index is 12.5. The van der Waals surface area contributed by atoms with Crippen LogP contribution in [0, 0.1) is 0 Å². The van der Waals surface area contributed by atoms with Crippen molar-refractivity contribution >= 4 is 5.69 Å². The van der Waals surface area contributed by atoms with Crippen LogP contribution in [0.1, 0.15) is 22.7 Å². The van der Waals surface area contributed by atoms with Crippen molar-refractivity contribution in [2.24, 2.45) is 5.73 Å². The van der Waals surface area contributed by atoms with Gasteiger partial charge in [0.15, 0.2) is 0 Å². The zero-order valence-corrected chi connectivity index (χ0v) is 9.98. The summed E-state index contributed by atoms with van der Waals surface area (Å²) < 4.78 is 37.6. The molecule has 0 amide bonds. The number of nitrogens with two attached hydrogens (primary N) is 2. The Balaban J connectivity index is 2.37. The lowest BCUT2D eigenvalue weighted by atomic mass is 9.97. The van der Waals surface area contributed by atoms with Crippen LogP contribution >= 0.6 is 0 Å². The number of benzene rings is 2. The first-order chi connectivity index (χ1) is 8.89. The van der Waals surface area contributed by atoms with E-state index < -0.39 is 17.8 Å². The molecular weight excluding hydrogens is 253 g/mol. The quantitative estimate of drug-likeness (QED) is 0.819. The summed E-state index contributed by atoms with van der Waals surface area (Å²) in [5.41, 5.74) is 12.3. The van der Waals surface area contributed by atoms with Crippen molar-refractivity contribution < 1.29 is 13.2 Å². The third-order valence-electron chi connectivity index (χ3n) is 2.91. The Morgan fingerprint density at radius 1 is 0.947 bits per heavy atom. The fourth-order valence-corrected chi connectivity index (χ4v) is 1.87. The highest BCUT2D eigenvalue weighted by Crippen LogP contribution is 2.33. The van der Waals surface area contributed by atoms with Gasteiger partial charge in [0.1, 0.15) is 0 Å². The largest absolute Gasteiger partial charge is 0.416 e. The Morgan fingerprint density at radius 2 is 1.58 bits per heavy atom. The molecule has 0 aliphatic heterocycles. The summed E-state index contributed by atoms with van der Waals surface area (Å²) in [5, 5.41) is 0. The molecule has 0 fully saturated rings. The van der Waals surface area contributed by atoms with Gasteiger partial charge >= 0.3 is 6.18 Å². The molecule has 0 aromatic heterocycles. The molecule has 0 saturated carbocycles. The molecule has 2 aromatic carbocycles. The minimum absolute atomic E-state index is 0.0474. The standard InChI is InChI=1S/C14H13F3N2/c15-14(16,17)10-6-7-11(12(18)8-10)13(19)9-4-2-1-3-5-9/h1-8,13H,18-19H2. The summed E-state index contributed by atoms with van der Waals surface area (Å²) in [6.07, 6.45) is -4.40. The van der Waals surface area contributed by atoms with Gasteiger partial charge in [0.2, 0.25) is 0 Å². The van der Waals surface area contributed by atoms with Crippen molar-refractivity contribution in [3.8, 4) is 0 Å². The highest BCUT2D eigenvalue weighted by Gasteiger charge is 2.31. The molecule has 19 heavy (non-hydrogen) atoms. The minimum atomic E-state index is -4.40. The van der Waals surface area contributed by atoms with Gasteiger partial charge in [-0.3, -0.25) is 0 Å². The number of alkyl halides is 3. The SMILES string of the molecule is Nc1cc(C(F)(F)F)ccc1C(N)c1ccccc1. The molecule has 0 spiro atoms. The molecule has 4 N–H and O–H groups in total. The topological polar surface area (TPSA) is 52.0 Å². The number of halogens is 3. The third-order valence-corrected chi connectivity index (χ3v) is 2.91. The van der Waals surface area contributed by atoms with Crippen LogP contribution in [-0.4, -0.2) is 0 Å². The number of nitrogen functional groups attached to an aromatic ring is 1. The predicted octanol–water partition coefficient (Wildman–Crippen LogP) is 3.34. The Labute approximate surface area is 108 Å². The fourth-order valence-electron chi connectivity index (χ4n) is 1.87. The number of rotatable bonds is 2. The molecule has 0 heterocycles. The lowest BCUT2D eigenvalue weighted by Gasteiger charge is -2.16. The third kappa shape index (κ3) is 2.88. The van der Waals surface area contributed by atoms with E-state index in [4.69, 9.17) is 11.5 Å². The van der Waals surface area contributed by atoms with Gasteiger partial charge in [-0.05, 0) is 23.3 Å². The van der Waals surface area contributed by atoms with Crippen molar-refractivity contribution in [3.63, 3.8) is 0 Å². The zero-order chi connectivity index (χ0) is 14.0. The van der Waals surface area contributed by atoms with Gasteiger partial charge in [0, 0.05) is 5.69 Å². The Morgan fingerprint density at radius 3 is 2.11 bits per heavy atom. The van der Waals surface area contributed by atoms with Gasteiger partial charge in [-0.15, -0.1) is 0 Å². The Bertz CT molecular complexity index is 565. The molecule has 1 atom stereocenters. The van der Waals surface area contributed by atoms with Crippen LogP contribution < -0.4 is 11.5 Å². The van der Waals surface area contributed by atoms with E-state index in [1.165, 1.54) is 6.07 Å². The first-order valence-corrected chi connectivity index (χ1v) is 5.67. The summed E-state index contributed by atoms with van der Waals surface area (Å²) in [6.45, 7) is 0. The van der Waals surface area contributed by atoms with Crippen molar-refractivity contribution in [2.45, 2.75) is 12.2 Å². The van der Waals surface area contributed by atoms with E-state index in [9.17, 15) is 13.2 Å². The monoisotopic (exact) mass is 266 g/mol. The molecule has 0 aliphatic rings. The van der Waals surface area contributed by atoms with E-state index in [0.717, 1.165) is 17.7 Å². The van der Waals surface area contributed by atoms with Gasteiger partial charge in [0.25, 0.3) is 0 Å². The lowest BCUT2D eigenvalue weighted by molar-refractivity contribution is -0.137. The summed E-state index contributed by atoms with van der Waals surface area (Å²) in [6, 6.07) is 11.8. The van der Waals surface area contributed by atoms with E-state index in [-0.39, 0.29) is 5.69 Å². The molecule has 0 saturated heterocycles. The Hall–Kier alpha value is -2.01. The molecule has 2 aromatic rings. The maximum atomic E-state index is 12.5. The second-order valence-corrected chi connectivity index (χ2v) is 4.23. The van der Waals surface area contributed by atoms with E-state index >= 15 is 0 Å². The molecule has 0 aliphatic carbocycles. The van der Waals surface area contributed by atoms with E-state index in [1.54, 1.807) is 0 Å². The number of anilines is 1. The lowest BCUT2D eigenvalue weighted by Crippen LogP contribution is -2.15. The van der Waals surface area contributed by atoms with Gasteiger partial charge < -0.3 is 11.5 Å². The van der Waals surface area contributed by atoms with Crippen molar-refractivity contribution in [1.82, 2.24) is 0 Å². The molecule has 0 radical (unpaired) electrons. The average Bonchev–Trinajstić information content (AvgIpc) is 2.38. The molecular formula is C14H13F3N2. The predicted molar refractivity (Wildman–Crippen MR) is 68.3 cm³/mol. The van der Waals surface area contributed by atoms with E-state index in [0.29, 0.717) is 5.56 Å². The van der Waals surface area contributed by atoms with Gasteiger partial charge in [-0.25, -0.2) is 0 Å². The highest BCUT2D eigenvalue weighted by molar-refractivity contribution is 5.53. The highest BCUT2D eigenvalue weighted by atomic mass is 19.4. The van der Waals surface area contributed by atoms with Gasteiger partial charge in [0.05, 0.1) is 11.6 Å². The number of hydrogen-bond acceptors (Lipinski definition) is 2. The van der Waals surface area contributed by atoms with Crippen molar-refractivity contribution in [2.75, 3.05) is 5.73 Å².